The van der Waals surface area contributed by atoms with Gasteiger partial charge in [0.05, 0.1) is 6.54 Å². The minimum atomic E-state index is -0.211. The van der Waals surface area contributed by atoms with E-state index in [9.17, 15) is 14.4 Å². The molecule has 0 radical (unpaired) electrons. The Kier molecular flexibility index (Phi) is 9.50. The van der Waals surface area contributed by atoms with Crippen molar-refractivity contribution in [3.05, 3.63) is 59.7 Å². The average molecular weight is 465 g/mol. The molecule has 0 atom stereocenters. The van der Waals surface area contributed by atoms with E-state index in [4.69, 9.17) is 0 Å². The summed E-state index contributed by atoms with van der Waals surface area (Å²) in [5, 5.41) is 5.94. The monoisotopic (exact) mass is 464 g/mol. The fraction of sp³-hybridized carbons (Fsp3) is 0.444. The third kappa shape index (κ3) is 7.07. The van der Waals surface area contributed by atoms with E-state index in [0.717, 1.165) is 57.5 Å². The van der Waals surface area contributed by atoms with E-state index >= 15 is 0 Å². The molecule has 2 N–H and O–H groups in total. The zero-order valence-corrected chi connectivity index (χ0v) is 20.3. The standard InChI is InChI=1S/C27H36N4O3/c1-3-15-30(16-4-2)27(34)22-9-8-10-24(19-22)29-25(32)20-28-23-13-11-21(12-14-23)26(33)31-17-6-5-7-18-31/h8-14,19,28H,3-7,15-18,20H2,1-2H3,(H,29,32). The van der Waals surface area contributed by atoms with Gasteiger partial charge in [0, 0.05) is 48.7 Å². The van der Waals surface area contributed by atoms with Crippen LogP contribution in [0.1, 0.15) is 66.7 Å². The average Bonchev–Trinajstić information content (AvgIpc) is 2.87. The first-order chi connectivity index (χ1) is 16.5. The van der Waals surface area contributed by atoms with Gasteiger partial charge in [0.25, 0.3) is 11.8 Å². The molecule has 182 valence electrons. The van der Waals surface area contributed by atoms with Crippen LogP contribution in [0.5, 0.6) is 0 Å². The van der Waals surface area contributed by atoms with Crippen LogP contribution in [-0.2, 0) is 4.79 Å². The number of anilines is 2. The van der Waals surface area contributed by atoms with E-state index in [0.29, 0.717) is 16.8 Å². The van der Waals surface area contributed by atoms with Gasteiger partial charge in [0.2, 0.25) is 5.91 Å². The first-order valence-corrected chi connectivity index (χ1v) is 12.3. The number of nitrogens with zero attached hydrogens (tertiary/aromatic N) is 2. The molecular weight excluding hydrogens is 428 g/mol. The fourth-order valence-corrected chi connectivity index (χ4v) is 4.17. The van der Waals surface area contributed by atoms with Gasteiger partial charge in [0.15, 0.2) is 0 Å². The third-order valence-electron chi connectivity index (χ3n) is 5.90. The number of benzene rings is 2. The molecule has 1 aliphatic rings. The number of carbonyl (C=O) groups is 3. The number of amides is 3. The van der Waals surface area contributed by atoms with Crippen molar-refractivity contribution in [1.29, 1.82) is 0 Å². The Hall–Kier alpha value is -3.35. The summed E-state index contributed by atoms with van der Waals surface area (Å²) < 4.78 is 0. The van der Waals surface area contributed by atoms with Gasteiger partial charge in [-0.15, -0.1) is 0 Å². The maximum absolute atomic E-state index is 12.8. The minimum Gasteiger partial charge on any atom is -0.376 e. The first-order valence-electron chi connectivity index (χ1n) is 12.3. The summed E-state index contributed by atoms with van der Waals surface area (Å²) in [5.41, 5.74) is 2.59. The van der Waals surface area contributed by atoms with Crippen LogP contribution >= 0.6 is 0 Å². The van der Waals surface area contributed by atoms with E-state index in [1.807, 2.05) is 21.9 Å². The molecule has 2 aromatic rings. The van der Waals surface area contributed by atoms with E-state index in [1.54, 1.807) is 36.4 Å². The van der Waals surface area contributed by atoms with Crippen molar-refractivity contribution < 1.29 is 14.4 Å². The molecule has 1 saturated heterocycles. The van der Waals surface area contributed by atoms with Crippen LogP contribution in [0.25, 0.3) is 0 Å². The van der Waals surface area contributed by atoms with Crippen molar-refractivity contribution in [2.24, 2.45) is 0 Å². The Morgan fingerprint density at radius 1 is 0.853 bits per heavy atom. The number of nitrogens with one attached hydrogen (secondary N) is 2. The number of rotatable bonds is 10. The maximum atomic E-state index is 12.8. The van der Waals surface area contributed by atoms with Crippen LogP contribution in [-0.4, -0.2) is 60.2 Å². The van der Waals surface area contributed by atoms with Crippen molar-refractivity contribution in [2.45, 2.75) is 46.0 Å². The van der Waals surface area contributed by atoms with Crippen LogP contribution in [0.3, 0.4) is 0 Å². The Balaban J connectivity index is 1.52. The molecule has 0 spiro atoms. The number of hydrogen-bond acceptors (Lipinski definition) is 4. The summed E-state index contributed by atoms with van der Waals surface area (Å²) in [5.74, 6) is -0.163. The molecule has 1 heterocycles. The smallest absolute Gasteiger partial charge is 0.253 e. The Morgan fingerprint density at radius 2 is 1.53 bits per heavy atom. The molecule has 1 fully saturated rings. The predicted molar refractivity (Wildman–Crippen MR) is 136 cm³/mol. The van der Waals surface area contributed by atoms with Crippen LogP contribution in [0.2, 0.25) is 0 Å². The van der Waals surface area contributed by atoms with Crippen LogP contribution in [0.15, 0.2) is 48.5 Å². The second kappa shape index (κ2) is 12.8. The molecule has 3 amide bonds. The lowest BCUT2D eigenvalue weighted by atomic mass is 10.1. The molecule has 34 heavy (non-hydrogen) atoms. The SMILES string of the molecule is CCCN(CCC)C(=O)c1cccc(NC(=O)CNc2ccc(C(=O)N3CCCCC3)cc2)c1. The number of piperidine rings is 1. The van der Waals surface area contributed by atoms with Gasteiger partial charge in [-0.3, -0.25) is 14.4 Å². The van der Waals surface area contributed by atoms with Crippen molar-refractivity contribution in [3.8, 4) is 0 Å². The summed E-state index contributed by atoms with van der Waals surface area (Å²) in [6.45, 7) is 7.27. The van der Waals surface area contributed by atoms with Crippen molar-refractivity contribution in [1.82, 2.24) is 9.80 Å². The van der Waals surface area contributed by atoms with Crippen molar-refractivity contribution in [2.75, 3.05) is 43.4 Å². The second-order valence-corrected chi connectivity index (χ2v) is 8.70. The van der Waals surface area contributed by atoms with Gasteiger partial charge in [-0.2, -0.15) is 0 Å². The van der Waals surface area contributed by atoms with Crippen LogP contribution < -0.4 is 10.6 Å². The largest absolute Gasteiger partial charge is 0.376 e. The zero-order valence-electron chi connectivity index (χ0n) is 20.3. The Labute approximate surface area is 202 Å². The van der Waals surface area contributed by atoms with Gasteiger partial charge in [-0.25, -0.2) is 0 Å². The van der Waals surface area contributed by atoms with E-state index < -0.39 is 0 Å². The highest BCUT2D eigenvalue weighted by atomic mass is 16.2. The lowest BCUT2D eigenvalue weighted by Gasteiger charge is -2.26. The summed E-state index contributed by atoms with van der Waals surface area (Å²) in [4.78, 5) is 41.6. The molecular formula is C27H36N4O3. The minimum absolute atomic E-state index is 0.0166. The first kappa shape index (κ1) is 25.3. The van der Waals surface area contributed by atoms with Gasteiger partial charge in [-0.05, 0) is 74.6 Å². The molecule has 2 aromatic carbocycles. The summed E-state index contributed by atoms with van der Waals surface area (Å²) in [6.07, 6.45) is 5.12. The molecule has 1 aliphatic heterocycles. The molecule has 7 nitrogen and oxygen atoms in total. The molecule has 0 bridgehead atoms. The quantitative estimate of drug-likeness (QED) is 0.537. The van der Waals surface area contributed by atoms with Crippen LogP contribution in [0.4, 0.5) is 11.4 Å². The highest BCUT2D eigenvalue weighted by molar-refractivity contribution is 5.98. The van der Waals surface area contributed by atoms with Gasteiger partial charge in [-0.1, -0.05) is 19.9 Å². The number of hydrogen-bond donors (Lipinski definition) is 2. The maximum Gasteiger partial charge on any atom is 0.253 e. The lowest BCUT2D eigenvalue weighted by molar-refractivity contribution is -0.114. The van der Waals surface area contributed by atoms with Gasteiger partial charge >= 0.3 is 0 Å². The second-order valence-electron chi connectivity index (χ2n) is 8.70. The number of carbonyl (C=O) groups excluding carboxylic acids is 3. The number of likely N-dealkylation sites (tertiary alicyclic amines) is 1. The summed E-state index contributed by atoms with van der Waals surface area (Å²) >= 11 is 0. The molecule has 0 unspecified atom stereocenters. The van der Waals surface area contributed by atoms with E-state index in [-0.39, 0.29) is 24.3 Å². The zero-order chi connectivity index (χ0) is 24.3. The third-order valence-corrected chi connectivity index (χ3v) is 5.90. The molecule has 0 aliphatic carbocycles. The summed E-state index contributed by atoms with van der Waals surface area (Å²) in [7, 11) is 0. The highest BCUT2D eigenvalue weighted by Crippen LogP contribution is 2.16. The van der Waals surface area contributed by atoms with Crippen molar-refractivity contribution in [3.63, 3.8) is 0 Å². The lowest BCUT2D eigenvalue weighted by Crippen LogP contribution is -2.35. The highest BCUT2D eigenvalue weighted by Gasteiger charge is 2.18. The van der Waals surface area contributed by atoms with Gasteiger partial charge in [0.1, 0.15) is 0 Å². The van der Waals surface area contributed by atoms with Crippen molar-refractivity contribution >= 4 is 29.1 Å². The molecule has 7 heteroatoms. The molecule has 0 saturated carbocycles. The Bertz CT molecular complexity index is 962. The normalized spacial score (nSPS) is 13.3. The topological polar surface area (TPSA) is 81.8 Å². The Morgan fingerprint density at radius 3 is 2.18 bits per heavy atom. The van der Waals surface area contributed by atoms with Gasteiger partial charge < -0.3 is 20.4 Å². The predicted octanol–water partition coefficient (Wildman–Crippen LogP) is 4.63. The molecule has 3 rings (SSSR count). The fourth-order valence-electron chi connectivity index (χ4n) is 4.17. The molecule has 0 aromatic heterocycles. The van der Waals surface area contributed by atoms with Crippen LogP contribution in [0, 0.1) is 0 Å². The van der Waals surface area contributed by atoms with E-state index in [2.05, 4.69) is 24.5 Å². The summed E-state index contributed by atoms with van der Waals surface area (Å²) in [6, 6.07) is 14.3. The van der Waals surface area contributed by atoms with E-state index in [1.165, 1.54) is 6.42 Å².